The molecule has 2 aromatic carbocycles. The molecular formula is C31H37F3N4O6S. The van der Waals surface area contributed by atoms with E-state index in [1.807, 2.05) is 24.3 Å². The molecule has 0 atom stereocenters. The standard InChI is InChI=1S/C31H37F3N4O6S/c1-30(2)28(40)38(24-9-8-23(20-35)26(19-24)31(32,33)34)29(45)37(30)13-4-5-27(39)36-12-14-42-15-16-43-17-18-44-21-22-6-10-25(41-3)11-7-22/h6-11,19H,4-5,12-18,21H2,1-3H3,(H,36,39). The molecular weight excluding hydrogens is 613 g/mol. The van der Waals surface area contributed by atoms with Crippen molar-refractivity contribution in [2.24, 2.45) is 0 Å². The lowest BCUT2D eigenvalue weighted by molar-refractivity contribution is -0.137. The van der Waals surface area contributed by atoms with Gasteiger partial charge in [0, 0.05) is 19.5 Å². The molecule has 0 unspecified atom stereocenters. The maximum atomic E-state index is 13.5. The normalized spacial score (nSPS) is 14.5. The number of alkyl halides is 3. The van der Waals surface area contributed by atoms with Crippen molar-refractivity contribution in [3.05, 3.63) is 59.2 Å². The summed E-state index contributed by atoms with van der Waals surface area (Å²) in [7, 11) is 1.62. The van der Waals surface area contributed by atoms with Gasteiger partial charge in [-0.05, 0) is 68.4 Å². The Morgan fingerprint density at radius 1 is 1.02 bits per heavy atom. The number of nitrogens with one attached hydrogen (secondary N) is 1. The van der Waals surface area contributed by atoms with E-state index in [9.17, 15) is 22.8 Å². The predicted octanol–water partition coefficient (Wildman–Crippen LogP) is 4.44. The highest BCUT2D eigenvalue weighted by Crippen LogP contribution is 2.38. The van der Waals surface area contributed by atoms with E-state index in [4.69, 9.17) is 36.4 Å². The first-order chi connectivity index (χ1) is 21.4. The number of hydrogen-bond acceptors (Lipinski definition) is 8. The van der Waals surface area contributed by atoms with Gasteiger partial charge in [0.25, 0.3) is 5.91 Å². The first-order valence-electron chi connectivity index (χ1n) is 14.3. The molecule has 0 aliphatic carbocycles. The zero-order valence-corrected chi connectivity index (χ0v) is 26.3. The molecule has 1 N–H and O–H groups in total. The summed E-state index contributed by atoms with van der Waals surface area (Å²) < 4.78 is 62.1. The van der Waals surface area contributed by atoms with E-state index in [0.717, 1.165) is 28.3 Å². The zero-order valence-electron chi connectivity index (χ0n) is 25.4. The Labute approximate surface area is 266 Å². The number of ether oxygens (including phenoxy) is 4. The second-order valence-electron chi connectivity index (χ2n) is 10.6. The van der Waals surface area contributed by atoms with Crippen LogP contribution in [0.25, 0.3) is 0 Å². The summed E-state index contributed by atoms with van der Waals surface area (Å²) in [5.74, 6) is 0.0772. The van der Waals surface area contributed by atoms with Gasteiger partial charge >= 0.3 is 6.18 Å². The van der Waals surface area contributed by atoms with Crippen molar-refractivity contribution in [2.75, 3.05) is 58.1 Å². The number of hydrogen-bond donors (Lipinski definition) is 1. The average molecular weight is 651 g/mol. The Balaban J connectivity index is 1.30. The van der Waals surface area contributed by atoms with Crippen LogP contribution in [-0.2, 0) is 36.6 Å². The van der Waals surface area contributed by atoms with Crippen LogP contribution < -0.4 is 15.0 Å². The SMILES string of the molecule is COc1ccc(COCCOCCOCCNC(=O)CCCN2C(=S)N(c3ccc(C#N)c(C(F)(F)F)c3)C(=O)C2(C)C)cc1. The molecule has 45 heavy (non-hydrogen) atoms. The summed E-state index contributed by atoms with van der Waals surface area (Å²) in [6.45, 7) is 6.20. The topological polar surface area (TPSA) is 113 Å². The molecule has 0 bridgehead atoms. The van der Waals surface area contributed by atoms with Crippen LogP contribution in [0.2, 0.25) is 0 Å². The fourth-order valence-electron chi connectivity index (χ4n) is 4.54. The number of nitriles is 1. The average Bonchev–Trinajstić information content (AvgIpc) is 3.18. The summed E-state index contributed by atoms with van der Waals surface area (Å²) in [4.78, 5) is 28.1. The van der Waals surface area contributed by atoms with Gasteiger partial charge in [-0.25, -0.2) is 0 Å². The van der Waals surface area contributed by atoms with E-state index in [2.05, 4.69) is 5.32 Å². The van der Waals surface area contributed by atoms with Crippen LogP contribution >= 0.6 is 12.2 Å². The van der Waals surface area contributed by atoms with Gasteiger partial charge in [0.1, 0.15) is 11.3 Å². The summed E-state index contributed by atoms with van der Waals surface area (Å²) in [6.07, 6.45) is -4.27. The van der Waals surface area contributed by atoms with E-state index in [1.165, 1.54) is 12.1 Å². The Kier molecular flexibility index (Phi) is 13.1. The third-order valence-electron chi connectivity index (χ3n) is 7.04. The van der Waals surface area contributed by atoms with Crippen molar-refractivity contribution < 1.29 is 41.7 Å². The number of benzene rings is 2. The van der Waals surface area contributed by atoms with Crippen LogP contribution in [0.4, 0.5) is 18.9 Å². The largest absolute Gasteiger partial charge is 0.497 e. The van der Waals surface area contributed by atoms with E-state index < -0.39 is 28.7 Å². The van der Waals surface area contributed by atoms with Gasteiger partial charge in [-0.3, -0.25) is 14.5 Å². The van der Waals surface area contributed by atoms with Crippen molar-refractivity contribution in [3.8, 4) is 11.8 Å². The number of halogens is 3. The Morgan fingerprint density at radius 3 is 2.29 bits per heavy atom. The van der Waals surface area contributed by atoms with Crippen LogP contribution in [0, 0.1) is 11.3 Å². The number of carbonyl (C=O) groups excluding carboxylic acids is 2. The molecule has 14 heteroatoms. The van der Waals surface area contributed by atoms with Gasteiger partial charge in [-0.1, -0.05) is 12.1 Å². The fourth-order valence-corrected chi connectivity index (χ4v) is 5.05. The van der Waals surface area contributed by atoms with Crippen molar-refractivity contribution in [1.82, 2.24) is 10.2 Å². The molecule has 2 aromatic rings. The van der Waals surface area contributed by atoms with E-state index in [1.54, 1.807) is 25.9 Å². The Morgan fingerprint density at radius 2 is 1.67 bits per heavy atom. The third kappa shape index (κ3) is 9.86. The van der Waals surface area contributed by atoms with Gasteiger partial charge < -0.3 is 29.2 Å². The van der Waals surface area contributed by atoms with Crippen LogP contribution in [0.1, 0.15) is 43.4 Å². The van der Waals surface area contributed by atoms with E-state index in [0.29, 0.717) is 52.6 Å². The summed E-state index contributed by atoms with van der Waals surface area (Å²) in [6, 6.07) is 12.2. The van der Waals surface area contributed by atoms with Crippen molar-refractivity contribution >= 4 is 34.8 Å². The Hall–Kier alpha value is -3.77. The molecule has 3 rings (SSSR count). The highest BCUT2D eigenvalue weighted by Gasteiger charge is 2.49. The van der Waals surface area contributed by atoms with Gasteiger partial charge in [0.15, 0.2) is 5.11 Å². The Bertz CT molecular complexity index is 1360. The number of anilines is 1. The number of rotatable bonds is 17. The number of nitrogens with zero attached hydrogens (tertiary/aromatic N) is 3. The molecule has 1 saturated heterocycles. The van der Waals surface area contributed by atoms with Crippen molar-refractivity contribution in [1.29, 1.82) is 5.26 Å². The quantitative estimate of drug-likeness (QED) is 0.196. The smallest absolute Gasteiger partial charge is 0.417 e. The van der Waals surface area contributed by atoms with Crippen LogP contribution in [0.15, 0.2) is 42.5 Å². The summed E-state index contributed by atoms with van der Waals surface area (Å²) >= 11 is 5.47. The van der Waals surface area contributed by atoms with Gasteiger partial charge in [0.05, 0.1) is 69.6 Å². The minimum absolute atomic E-state index is 0.0302. The predicted molar refractivity (Wildman–Crippen MR) is 164 cm³/mol. The van der Waals surface area contributed by atoms with E-state index in [-0.39, 0.29) is 29.7 Å². The molecule has 0 spiro atoms. The second-order valence-corrected chi connectivity index (χ2v) is 10.9. The van der Waals surface area contributed by atoms with Gasteiger partial charge in [0.2, 0.25) is 5.91 Å². The second kappa shape index (κ2) is 16.5. The summed E-state index contributed by atoms with van der Waals surface area (Å²) in [5.41, 5.74) is -1.87. The number of methoxy groups -OCH3 is 1. The molecule has 1 heterocycles. The molecule has 1 aliphatic rings. The molecule has 0 aromatic heterocycles. The minimum atomic E-state index is -4.78. The lowest BCUT2D eigenvalue weighted by Crippen LogP contribution is -2.44. The maximum Gasteiger partial charge on any atom is 0.417 e. The third-order valence-corrected chi connectivity index (χ3v) is 7.44. The van der Waals surface area contributed by atoms with Crippen molar-refractivity contribution in [3.63, 3.8) is 0 Å². The zero-order chi connectivity index (χ0) is 33.0. The summed E-state index contributed by atoms with van der Waals surface area (Å²) in [5, 5.41) is 11.9. The monoisotopic (exact) mass is 650 g/mol. The van der Waals surface area contributed by atoms with Crippen LogP contribution in [0.5, 0.6) is 5.75 Å². The molecule has 244 valence electrons. The van der Waals surface area contributed by atoms with Crippen molar-refractivity contribution in [2.45, 2.75) is 45.0 Å². The molecule has 0 radical (unpaired) electrons. The number of amides is 2. The van der Waals surface area contributed by atoms with E-state index >= 15 is 0 Å². The molecule has 2 amide bonds. The van der Waals surface area contributed by atoms with Gasteiger partial charge in [-0.15, -0.1) is 0 Å². The van der Waals surface area contributed by atoms with Crippen LogP contribution in [-0.4, -0.2) is 80.6 Å². The van der Waals surface area contributed by atoms with Gasteiger partial charge in [-0.2, -0.15) is 18.4 Å². The first-order valence-corrected chi connectivity index (χ1v) is 14.7. The highest BCUT2D eigenvalue weighted by molar-refractivity contribution is 7.80. The molecule has 0 saturated carbocycles. The maximum absolute atomic E-state index is 13.5. The molecule has 1 aliphatic heterocycles. The first kappa shape index (κ1) is 35.7. The van der Waals surface area contributed by atoms with Crippen LogP contribution in [0.3, 0.4) is 0 Å². The number of carbonyl (C=O) groups is 2. The minimum Gasteiger partial charge on any atom is -0.497 e. The highest BCUT2D eigenvalue weighted by atomic mass is 32.1. The lowest BCUT2D eigenvalue weighted by Gasteiger charge is -2.29. The molecule has 10 nitrogen and oxygen atoms in total. The molecule has 1 fully saturated rings. The lowest BCUT2D eigenvalue weighted by atomic mass is 10.0. The fraction of sp³-hybridized carbons (Fsp3) is 0.484. The number of thiocarbonyl (C=S) groups is 1.